The maximum absolute atomic E-state index is 11.9. The lowest BCUT2D eigenvalue weighted by Crippen LogP contribution is -2.29. The van der Waals surface area contributed by atoms with Gasteiger partial charge in [0, 0.05) is 17.7 Å². The summed E-state index contributed by atoms with van der Waals surface area (Å²) in [5.74, 6) is 0. The summed E-state index contributed by atoms with van der Waals surface area (Å²) < 4.78 is 28.6. The Morgan fingerprint density at radius 1 is 1.28 bits per heavy atom. The molecule has 0 aliphatic heterocycles. The summed E-state index contributed by atoms with van der Waals surface area (Å²) in [7, 11) is 1.85. The molecule has 0 aliphatic carbocycles. The van der Waals surface area contributed by atoms with Crippen molar-refractivity contribution in [2.24, 2.45) is 0 Å². The third kappa shape index (κ3) is 6.28. The Morgan fingerprint density at radius 2 is 1.94 bits per heavy atom. The molecule has 2 nitrogen and oxygen atoms in total. The molecule has 1 aromatic rings. The summed E-state index contributed by atoms with van der Waals surface area (Å²) in [5.41, 5.74) is 1.16. The Kier molecular flexibility index (Phi) is 7.16. The molecule has 0 aromatic heterocycles. The van der Waals surface area contributed by atoms with Crippen molar-refractivity contribution in [3.63, 3.8) is 0 Å². The smallest absolute Gasteiger partial charge is 0.261 e. The van der Waals surface area contributed by atoms with Gasteiger partial charge in [-0.15, -0.1) is 0 Å². The van der Waals surface area contributed by atoms with Crippen LogP contribution in [0.1, 0.15) is 12.0 Å². The van der Waals surface area contributed by atoms with Gasteiger partial charge >= 0.3 is 0 Å². The number of hydrogen-bond acceptors (Lipinski definition) is 2. The number of benzene rings is 1. The van der Waals surface area contributed by atoms with Crippen LogP contribution < -0.4 is 5.32 Å². The molecule has 0 spiro atoms. The molecule has 1 atom stereocenters. The molecule has 102 valence electrons. The van der Waals surface area contributed by atoms with E-state index < -0.39 is 13.0 Å². The van der Waals surface area contributed by atoms with Crippen molar-refractivity contribution in [3.05, 3.63) is 34.9 Å². The number of rotatable bonds is 8. The van der Waals surface area contributed by atoms with Crippen molar-refractivity contribution in [2.75, 3.05) is 20.3 Å². The molecule has 0 amide bonds. The lowest BCUT2D eigenvalue weighted by Gasteiger charge is -2.16. The summed E-state index contributed by atoms with van der Waals surface area (Å²) in [6.07, 6.45) is -0.869. The standard InChI is InChI=1S/C13H18ClF2NO/c1-17-12(6-7-18-9-13(15)16)8-10-2-4-11(14)5-3-10/h2-5,12-13,17H,6-9H2,1H3. The lowest BCUT2D eigenvalue weighted by atomic mass is 10.0. The SMILES string of the molecule is CNC(CCOCC(F)F)Cc1ccc(Cl)cc1. The molecule has 0 saturated carbocycles. The van der Waals surface area contributed by atoms with Crippen molar-refractivity contribution in [1.29, 1.82) is 0 Å². The van der Waals surface area contributed by atoms with E-state index in [0.29, 0.717) is 18.1 Å². The number of halogens is 3. The second-order valence-corrected chi connectivity index (χ2v) is 4.51. The highest BCUT2D eigenvalue weighted by Crippen LogP contribution is 2.12. The minimum Gasteiger partial charge on any atom is -0.375 e. The van der Waals surface area contributed by atoms with Crippen LogP contribution in [0.2, 0.25) is 5.02 Å². The average molecular weight is 278 g/mol. The summed E-state index contributed by atoms with van der Waals surface area (Å²) in [5, 5.41) is 3.86. The van der Waals surface area contributed by atoms with Crippen LogP contribution in [0.5, 0.6) is 0 Å². The number of likely N-dealkylation sites (N-methyl/N-ethyl adjacent to an activating group) is 1. The van der Waals surface area contributed by atoms with Crippen LogP contribution in [-0.2, 0) is 11.2 Å². The van der Waals surface area contributed by atoms with E-state index in [9.17, 15) is 8.78 Å². The Hall–Kier alpha value is -0.710. The average Bonchev–Trinajstić information content (AvgIpc) is 2.35. The van der Waals surface area contributed by atoms with E-state index in [4.69, 9.17) is 16.3 Å². The molecule has 1 rings (SSSR count). The van der Waals surface area contributed by atoms with Gasteiger partial charge in [0.15, 0.2) is 0 Å². The quantitative estimate of drug-likeness (QED) is 0.737. The van der Waals surface area contributed by atoms with Crippen molar-refractivity contribution >= 4 is 11.6 Å². The molecule has 0 radical (unpaired) electrons. The first-order valence-corrected chi connectivity index (χ1v) is 6.27. The summed E-state index contributed by atoms with van der Waals surface area (Å²) in [4.78, 5) is 0. The van der Waals surface area contributed by atoms with E-state index in [0.717, 1.165) is 12.0 Å². The molecule has 5 heteroatoms. The maximum Gasteiger partial charge on any atom is 0.261 e. The molecular formula is C13H18ClF2NO. The molecule has 0 fully saturated rings. The van der Waals surface area contributed by atoms with Crippen LogP contribution in [0, 0.1) is 0 Å². The highest BCUT2D eigenvalue weighted by atomic mass is 35.5. The first-order chi connectivity index (χ1) is 8.61. The van der Waals surface area contributed by atoms with Gasteiger partial charge in [-0.05, 0) is 37.6 Å². The fraction of sp³-hybridized carbons (Fsp3) is 0.538. The van der Waals surface area contributed by atoms with Gasteiger partial charge in [0.05, 0.1) is 0 Å². The van der Waals surface area contributed by atoms with Crippen molar-refractivity contribution in [3.8, 4) is 0 Å². The van der Waals surface area contributed by atoms with Crippen LogP contribution in [0.3, 0.4) is 0 Å². The number of alkyl halides is 2. The van der Waals surface area contributed by atoms with Crippen LogP contribution in [0.25, 0.3) is 0 Å². The Labute approximate surface area is 111 Å². The summed E-state index contributed by atoms with van der Waals surface area (Å²) in [6.45, 7) is -0.152. The number of ether oxygens (including phenoxy) is 1. The monoisotopic (exact) mass is 277 g/mol. The highest BCUT2D eigenvalue weighted by molar-refractivity contribution is 6.30. The fourth-order valence-electron chi connectivity index (χ4n) is 1.65. The van der Waals surface area contributed by atoms with Gasteiger partial charge in [0.25, 0.3) is 6.43 Å². The zero-order chi connectivity index (χ0) is 13.4. The van der Waals surface area contributed by atoms with E-state index in [1.807, 2.05) is 31.3 Å². The predicted molar refractivity (Wildman–Crippen MR) is 69.4 cm³/mol. The molecule has 0 saturated heterocycles. The minimum atomic E-state index is -2.39. The Bertz CT molecular complexity index is 332. The second kappa shape index (κ2) is 8.40. The first-order valence-electron chi connectivity index (χ1n) is 5.89. The summed E-state index contributed by atoms with van der Waals surface area (Å²) >= 11 is 5.81. The number of hydrogen-bond donors (Lipinski definition) is 1. The normalized spacial score (nSPS) is 12.9. The minimum absolute atomic E-state index is 0.212. The van der Waals surface area contributed by atoms with E-state index >= 15 is 0 Å². The van der Waals surface area contributed by atoms with E-state index in [1.165, 1.54) is 0 Å². The van der Waals surface area contributed by atoms with E-state index in [-0.39, 0.29) is 6.04 Å². The van der Waals surface area contributed by atoms with Crippen molar-refractivity contribution in [2.45, 2.75) is 25.3 Å². The van der Waals surface area contributed by atoms with E-state index in [2.05, 4.69) is 5.32 Å². The zero-order valence-electron chi connectivity index (χ0n) is 10.3. The van der Waals surface area contributed by atoms with Gasteiger partial charge in [-0.1, -0.05) is 23.7 Å². The van der Waals surface area contributed by atoms with Gasteiger partial charge < -0.3 is 10.1 Å². The largest absolute Gasteiger partial charge is 0.375 e. The molecule has 1 unspecified atom stereocenters. The van der Waals surface area contributed by atoms with Crippen molar-refractivity contribution in [1.82, 2.24) is 5.32 Å². The molecule has 0 heterocycles. The first kappa shape index (κ1) is 15.3. The number of nitrogens with one attached hydrogen (secondary N) is 1. The maximum atomic E-state index is 11.9. The van der Waals surface area contributed by atoms with Gasteiger partial charge in [0.2, 0.25) is 0 Å². The third-order valence-electron chi connectivity index (χ3n) is 2.66. The Balaban J connectivity index is 2.30. The van der Waals surface area contributed by atoms with Crippen LogP contribution in [-0.4, -0.2) is 32.7 Å². The predicted octanol–water partition coefficient (Wildman–Crippen LogP) is 3.14. The third-order valence-corrected chi connectivity index (χ3v) is 2.91. The van der Waals surface area contributed by atoms with Crippen LogP contribution in [0.4, 0.5) is 8.78 Å². The summed E-state index contributed by atoms with van der Waals surface area (Å²) in [6, 6.07) is 7.83. The molecular weight excluding hydrogens is 260 g/mol. The molecule has 0 bridgehead atoms. The van der Waals surface area contributed by atoms with Gasteiger partial charge in [-0.25, -0.2) is 8.78 Å². The van der Waals surface area contributed by atoms with Crippen molar-refractivity contribution < 1.29 is 13.5 Å². The highest BCUT2D eigenvalue weighted by Gasteiger charge is 2.08. The lowest BCUT2D eigenvalue weighted by molar-refractivity contribution is 0.0146. The second-order valence-electron chi connectivity index (χ2n) is 4.07. The molecule has 1 aromatic carbocycles. The molecule has 0 aliphatic rings. The van der Waals surface area contributed by atoms with Crippen LogP contribution >= 0.6 is 11.6 Å². The van der Waals surface area contributed by atoms with Gasteiger partial charge in [-0.2, -0.15) is 0 Å². The van der Waals surface area contributed by atoms with Gasteiger partial charge in [-0.3, -0.25) is 0 Å². The Morgan fingerprint density at radius 3 is 2.50 bits per heavy atom. The zero-order valence-corrected chi connectivity index (χ0v) is 11.1. The molecule has 1 N–H and O–H groups in total. The topological polar surface area (TPSA) is 21.3 Å². The van der Waals surface area contributed by atoms with Crippen LogP contribution in [0.15, 0.2) is 24.3 Å². The molecule has 18 heavy (non-hydrogen) atoms. The van der Waals surface area contributed by atoms with E-state index in [1.54, 1.807) is 0 Å². The fourth-order valence-corrected chi connectivity index (χ4v) is 1.78. The van der Waals surface area contributed by atoms with Gasteiger partial charge in [0.1, 0.15) is 6.61 Å².